The molecule has 12 nitrogen and oxygen atoms in total. The van der Waals surface area contributed by atoms with Gasteiger partial charge < -0.3 is 35.3 Å². The van der Waals surface area contributed by atoms with Gasteiger partial charge in [-0.1, -0.05) is 18.6 Å². The third kappa shape index (κ3) is 11.7. The minimum atomic E-state index is -4.58. The molecule has 0 spiro atoms. The zero-order valence-corrected chi connectivity index (χ0v) is 25.1. The second-order valence-electron chi connectivity index (χ2n) is 10.6. The first-order valence-electron chi connectivity index (χ1n) is 14.7. The van der Waals surface area contributed by atoms with Crippen LogP contribution in [0, 0.1) is 0 Å². The molecule has 0 fully saturated rings. The number of alkyl halides is 3. The van der Waals surface area contributed by atoms with Gasteiger partial charge in [0.05, 0.1) is 6.10 Å². The van der Waals surface area contributed by atoms with E-state index in [2.05, 4.69) is 30.9 Å². The van der Waals surface area contributed by atoms with E-state index in [0.717, 1.165) is 24.8 Å². The molecule has 3 aliphatic rings. The average Bonchev–Trinajstić information content (AvgIpc) is 2.99. The molecule has 1 amide bonds. The number of rotatable bonds is 5. The van der Waals surface area contributed by atoms with Crippen LogP contribution in [0.5, 0.6) is 11.8 Å². The number of hydrogen-bond acceptors (Lipinski definition) is 11. The van der Waals surface area contributed by atoms with Crippen molar-refractivity contribution in [2.45, 2.75) is 58.3 Å². The second-order valence-corrected chi connectivity index (χ2v) is 10.6. The Morgan fingerprint density at radius 3 is 2.40 bits per heavy atom. The van der Waals surface area contributed by atoms with Crippen LogP contribution in [0.4, 0.5) is 30.8 Å². The maximum atomic E-state index is 12.8. The van der Waals surface area contributed by atoms with E-state index in [1.807, 2.05) is 30.9 Å². The van der Waals surface area contributed by atoms with Crippen LogP contribution in [0.2, 0.25) is 0 Å². The standard InChI is InChI=1S/C30H38F3N7O5/c1-20(2)45-29(42)40-15-5-3-4-14-34-25(41)22-8-10-23(11-9-22)36-27-37-26(38-28(39-27)44-19-30(31,32)33)35-18-21-6-12-24(13-7-21)43-17-16-40/h6-13,20,29,42H,3-5,14-19H2,1-2H3,(H,34,41)(H2,35,36,37,38,39). The van der Waals surface area contributed by atoms with Crippen LogP contribution in [-0.4, -0.2) is 82.4 Å². The quantitative estimate of drug-likeness (QED) is 0.296. The Kier molecular flexibility index (Phi) is 12.1. The molecule has 6 rings (SSSR count). The van der Waals surface area contributed by atoms with Gasteiger partial charge in [-0.25, -0.2) is 0 Å². The van der Waals surface area contributed by atoms with Crippen LogP contribution in [0.15, 0.2) is 48.5 Å². The third-order valence-corrected chi connectivity index (χ3v) is 6.52. The van der Waals surface area contributed by atoms with Crippen LogP contribution < -0.4 is 25.4 Å². The summed E-state index contributed by atoms with van der Waals surface area (Å²) in [6, 6.07) is 13.2. The molecule has 0 radical (unpaired) electrons. The second kappa shape index (κ2) is 16.2. The van der Waals surface area contributed by atoms with Gasteiger partial charge in [-0.15, -0.1) is 0 Å². The van der Waals surface area contributed by atoms with Gasteiger partial charge in [0.2, 0.25) is 18.3 Å². The highest BCUT2D eigenvalue weighted by Crippen LogP contribution is 2.21. The summed E-state index contributed by atoms with van der Waals surface area (Å²) in [5, 5.41) is 19.4. The van der Waals surface area contributed by atoms with Gasteiger partial charge in [-0.3, -0.25) is 9.69 Å². The largest absolute Gasteiger partial charge is 0.492 e. The zero-order valence-electron chi connectivity index (χ0n) is 25.1. The van der Waals surface area contributed by atoms with Crippen molar-refractivity contribution in [2.24, 2.45) is 0 Å². The number of nitrogens with one attached hydrogen (secondary N) is 3. The molecule has 0 saturated heterocycles. The number of halogens is 3. The van der Waals surface area contributed by atoms with Crippen molar-refractivity contribution >= 4 is 23.5 Å². The molecule has 3 aromatic rings. The Morgan fingerprint density at radius 2 is 1.69 bits per heavy atom. The van der Waals surface area contributed by atoms with E-state index in [0.29, 0.717) is 43.2 Å². The summed E-state index contributed by atoms with van der Waals surface area (Å²) in [4.78, 5) is 26.6. The Morgan fingerprint density at radius 1 is 0.956 bits per heavy atom. The third-order valence-electron chi connectivity index (χ3n) is 6.52. The van der Waals surface area contributed by atoms with Gasteiger partial charge >= 0.3 is 12.2 Å². The van der Waals surface area contributed by atoms with E-state index in [9.17, 15) is 23.1 Å². The Hall–Kier alpha value is -4.21. The van der Waals surface area contributed by atoms with Gasteiger partial charge in [0, 0.05) is 37.4 Å². The molecule has 4 N–H and O–H groups in total. The fraction of sp³-hybridized carbons (Fsp3) is 0.467. The normalized spacial score (nSPS) is 16.5. The van der Waals surface area contributed by atoms with Crippen molar-refractivity contribution in [3.8, 4) is 11.8 Å². The molecule has 45 heavy (non-hydrogen) atoms. The summed E-state index contributed by atoms with van der Waals surface area (Å²) in [7, 11) is 0. The number of carbonyl (C=O) groups excluding carboxylic acids is 1. The Balaban J connectivity index is 1.52. The number of ether oxygens (including phenoxy) is 3. The maximum Gasteiger partial charge on any atom is 0.422 e. The monoisotopic (exact) mass is 633 g/mol. The number of carbonyl (C=O) groups is 1. The van der Waals surface area contributed by atoms with E-state index in [-0.39, 0.29) is 30.5 Å². The van der Waals surface area contributed by atoms with Crippen molar-refractivity contribution in [2.75, 3.05) is 43.5 Å². The molecule has 2 aromatic carbocycles. The average molecular weight is 634 g/mol. The van der Waals surface area contributed by atoms with Crippen LogP contribution in [0.1, 0.15) is 49.0 Å². The van der Waals surface area contributed by atoms with Gasteiger partial charge in [0.25, 0.3) is 5.91 Å². The first-order chi connectivity index (χ1) is 21.5. The molecule has 1 atom stereocenters. The van der Waals surface area contributed by atoms with Crippen LogP contribution in [-0.2, 0) is 11.3 Å². The van der Waals surface area contributed by atoms with Crippen LogP contribution >= 0.6 is 0 Å². The number of nitrogens with zero attached hydrogens (tertiary/aromatic N) is 4. The summed E-state index contributed by atoms with van der Waals surface area (Å²) in [5.74, 6) is 0.329. The number of amides is 1. The molecule has 0 aliphatic carbocycles. The summed E-state index contributed by atoms with van der Waals surface area (Å²) in [6.45, 7) is 4.19. The number of hydrogen-bond donors (Lipinski definition) is 4. The highest BCUT2D eigenvalue weighted by molar-refractivity contribution is 5.94. The lowest BCUT2D eigenvalue weighted by Gasteiger charge is -2.28. The van der Waals surface area contributed by atoms with Gasteiger partial charge in [-0.2, -0.15) is 28.1 Å². The topological polar surface area (TPSA) is 143 Å². The fourth-order valence-electron chi connectivity index (χ4n) is 4.28. The van der Waals surface area contributed by atoms with Crippen molar-refractivity contribution < 1.29 is 37.3 Å². The molecule has 3 aliphatic heterocycles. The van der Waals surface area contributed by atoms with Gasteiger partial charge in [-0.05, 0) is 68.7 Å². The van der Waals surface area contributed by atoms with Crippen LogP contribution in [0.25, 0.3) is 0 Å². The van der Waals surface area contributed by atoms with Crippen molar-refractivity contribution in [1.29, 1.82) is 0 Å². The van der Waals surface area contributed by atoms with E-state index < -0.39 is 25.2 Å². The number of fused-ring (bicyclic) bond motifs is 2. The number of aromatic nitrogens is 3. The number of aliphatic hydroxyl groups excluding tert-OH is 1. The predicted octanol–water partition coefficient (Wildman–Crippen LogP) is 4.46. The first kappa shape index (κ1) is 33.7. The fourth-order valence-corrected chi connectivity index (χ4v) is 4.28. The number of aliphatic hydroxyl groups is 1. The highest BCUT2D eigenvalue weighted by atomic mass is 19.4. The molecular formula is C30H38F3N7O5. The summed E-state index contributed by atoms with van der Waals surface area (Å²) < 4.78 is 54.7. The SMILES string of the molecule is CC(C)OC(O)N1CCCCCNC(=O)c2ccc(cc2)Nc2nc(nc(OCC(F)(F)F)n2)NCc2ccc(cc2)OCC1. The molecule has 0 saturated carbocycles. The molecule has 1 aromatic heterocycles. The minimum Gasteiger partial charge on any atom is -0.492 e. The number of benzene rings is 2. The van der Waals surface area contributed by atoms with Crippen molar-refractivity contribution in [3.05, 3.63) is 59.7 Å². The van der Waals surface area contributed by atoms with Crippen LogP contribution in [0.3, 0.4) is 0 Å². The lowest BCUT2D eigenvalue weighted by atomic mass is 10.2. The summed E-state index contributed by atoms with van der Waals surface area (Å²) in [6.07, 6.45) is -3.44. The Bertz CT molecular complexity index is 1360. The lowest BCUT2D eigenvalue weighted by Crippen LogP contribution is -2.41. The van der Waals surface area contributed by atoms with Crippen molar-refractivity contribution in [1.82, 2.24) is 25.2 Å². The molecule has 1 unspecified atom stereocenters. The van der Waals surface area contributed by atoms with E-state index >= 15 is 0 Å². The van der Waals surface area contributed by atoms with E-state index in [1.54, 1.807) is 36.4 Å². The zero-order chi connectivity index (χ0) is 32.2. The molecular weight excluding hydrogens is 595 g/mol. The lowest BCUT2D eigenvalue weighted by molar-refractivity contribution is -0.212. The summed E-state index contributed by atoms with van der Waals surface area (Å²) >= 11 is 0. The predicted molar refractivity (Wildman–Crippen MR) is 160 cm³/mol. The molecule has 244 valence electrons. The smallest absolute Gasteiger partial charge is 0.422 e. The summed E-state index contributed by atoms with van der Waals surface area (Å²) in [5.41, 5.74) is 1.76. The first-order valence-corrected chi connectivity index (χ1v) is 14.7. The van der Waals surface area contributed by atoms with E-state index in [4.69, 9.17) is 14.2 Å². The maximum absolute atomic E-state index is 12.8. The minimum absolute atomic E-state index is 0.00575. The van der Waals surface area contributed by atoms with Gasteiger partial charge in [0.15, 0.2) is 6.61 Å². The highest BCUT2D eigenvalue weighted by Gasteiger charge is 2.29. The van der Waals surface area contributed by atoms with Crippen molar-refractivity contribution in [3.63, 3.8) is 0 Å². The molecule has 6 bridgehead atoms. The molecule has 4 heterocycles. The molecule has 15 heteroatoms. The number of anilines is 3. The van der Waals surface area contributed by atoms with Gasteiger partial charge in [0.1, 0.15) is 12.4 Å². The Labute approximate surface area is 259 Å². The van der Waals surface area contributed by atoms with E-state index in [1.165, 1.54) is 0 Å².